The number of nitrogens with one attached hydrogen (secondary N) is 1. The van der Waals surface area contributed by atoms with Gasteiger partial charge in [-0.3, -0.25) is 0 Å². The van der Waals surface area contributed by atoms with Crippen molar-refractivity contribution in [2.24, 2.45) is 0 Å². The normalized spacial score (nSPS) is 12.4. The molecule has 0 unspecified atom stereocenters. The van der Waals surface area contributed by atoms with Crippen molar-refractivity contribution in [3.05, 3.63) is 23.4 Å². The Morgan fingerprint density at radius 1 is 1.41 bits per heavy atom. The van der Waals surface area contributed by atoms with Crippen molar-refractivity contribution < 1.29 is 18.0 Å². The first-order valence-electron chi connectivity index (χ1n) is 6.66. The summed E-state index contributed by atoms with van der Waals surface area (Å²) in [5.41, 5.74) is -1.68. The van der Waals surface area contributed by atoms with Gasteiger partial charge in [0.2, 0.25) is 0 Å². The third kappa shape index (κ3) is 5.06. The predicted octanol–water partition coefficient (Wildman–Crippen LogP) is 2.40. The first-order valence-corrected chi connectivity index (χ1v) is 8.93. The number of rotatable bonds is 5. The number of pyridine rings is 1. The molecule has 0 saturated carbocycles. The first kappa shape index (κ1) is 18.6. The van der Waals surface area contributed by atoms with Crippen molar-refractivity contribution >= 4 is 26.1 Å². The average Bonchev–Trinajstić information content (AvgIpc) is 2.43. The minimum atomic E-state index is -4.52. The Labute approximate surface area is 134 Å². The van der Waals surface area contributed by atoms with Gasteiger partial charge in [0.25, 0.3) is 0 Å². The van der Waals surface area contributed by atoms with Crippen molar-refractivity contribution in [2.75, 3.05) is 0 Å². The van der Waals surface area contributed by atoms with E-state index in [1.807, 2.05) is 6.92 Å². The van der Waals surface area contributed by atoms with Crippen LogP contribution in [0.25, 0.3) is 0 Å². The number of terminal acetylenes is 1. The minimum absolute atomic E-state index is 0.171. The van der Waals surface area contributed by atoms with E-state index in [0.717, 1.165) is 17.7 Å². The summed E-state index contributed by atoms with van der Waals surface area (Å²) in [5.74, 6) is 1.92. The van der Waals surface area contributed by atoms with Crippen LogP contribution in [0.1, 0.15) is 43.2 Å². The van der Waals surface area contributed by atoms with Gasteiger partial charge in [-0.1, -0.05) is 0 Å². The first-order chi connectivity index (χ1) is 10.1. The molecule has 1 rings (SSSR count). The summed E-state index contributed by atoms with van der Waals surface area (Å²) in [6, 6.07) is 2.01. The van der Waals surface area contributed by atoms with Gasteiger partial charge >= 0.3 is 134 Å². The second-order valence-corrected chi connectivity index (χ2v) is 7.66. The zero-order valence-electron chi connectivity index (χ0n) is 12.6. The molecule has 7 heteroatoms. The van der Waals surface area contributed by atoms with E-state index in [-0.39, 0.29) is 10.0 Å². The summed E-state index contributed by atoms with van der Waals surface area (Å²) in [4.78, 5) is 15.9. The maximum absolute atomic E-state index is 12.8. The number of nitrogens with zero attached hydrogens (tertiary/aromatic N) is 1. The Balaban J connectivity index is 3.18. The molecule has 1 heterocycles. The molecule has 3 nitrogen and oxygen atoms in total. The molecule has 1 aromatic heterocycles. The van der Waals surface area contributed by atoms with Crippen LogP contribution in [0.5, 0.6) is 0 Å². The Morgan fingerprint density at radius 3 is 2.55 bits per heavy atom. The van der Waals surface area contributed by atoms with Gasteiger partial charge in [0.1, 0.15) is 0 Å². The molecule has 0 saturated heterocycles. The molecule has 0 aromatic carbocycles. The molecule has 0 bridgehead atoms. The monoisotopic (exact) mass is 373 g/mol. The molecule has 0 fully saturated rings. The van der Waals surface area contributed by atoms with Gasteiger partial charge < -0.3 is 0 Å². The summed E-state index contributed by atoms with van der Waals surface area (Å²) in [7, 11) is 0. The van der Waals surface area contributed by atoms with Crippen LogP contribution in [0.3, 0.4) is 0 Å². The van der Waals surface area contributed by atoms with Crippen LogP contribution in [-0.4, -0.2) is 32.2 Å². The Kier molecular flexibility index (Phi) is 6.07. The van der Waals surface area contributed by atoms with Gasteiger partial charge in [-0.15, -0.1) is 0 Å². The van der Waals surface area contributed by atoms with Crippen LogP contribution in [0.15, 0.2) is 12.1 Å². The van der Waals surface area contributed by atoms with Crippen LogP contribution < -0.4 is 9.80 Å². The quantitative estimate of drug-likeness (QED) is 0.636. The fourth-order valence-electron chi connectivity index (χ4n) is 1.51. The van der Waals surface area contributed by atoms with E-state index < -0.39 is 39.1 Å². The Morgan fingerprint density at radius 2 is 2.05 bits per heavy atom. The number of carbonyl (C=O) groups is 1. The van der Waals surface area contributed by atoms with Gasteiger partial charge in [0.15, 0.2) is 0 Å². The van der Waals surface area contributed by atoms with E-state index in [2.05, 4.69) is 16.2 Å². The molecular formula is C15H17AsF3N2O. The van der Waals surface area contributed by atoms with Gasteiger partial charge in [-0.2, -0.15) is 0 Å². The number of amides is 1. The van der Waals surface area contributed by atoms with Crippen molar-refractivity contribution in [3.8, 4) is 12.3 Å². The molecule has 22 heavy (non-hydrogen) atoms. The van der Waals surface area contributed by atoms with Gasteiger partial charge in [-0.25, -0.2) is 0 Å². The summed E-state index contributed by atoms with van der Waals surface area (Å²) in [5, 5.41) is 3.36. The molecule has 119 valence electrons. The SMILES string of the molecule is C#CC(C)(C)NC(=O)c1ccc(C(F)(F)F)nc1[As]CCC. The van der Waals surface area contributed by atoms with Crippen molar-refractivity contribution in [1.82, 2.24) is 10.3 Å². The van der Waals surface area contributed by atoms with Crippen molar-refractivity contribution in [1.29, 1.82) is 0 Å². The van der Waals surface area contributed by atoms with Crippen LogP contribution in [0, 0.1) is 12.3 Å². The van der Waals surface area contributed by atoms with Crippen LogP contribution >= 0.6 is 0 Å². The fourth-order valence-corrected chi connectivity index (χ4v) is 3.52. The third-order valence-electron chi connectivity index (χ3n) is 2.68. The predicted molar refractivity (Wildman–Crippen MR) is 80.1 cm³/mol. The number of alkyl halides is 3. The molecule has 0 spiro atoms. The molecule has 1 amide bonds. The fraction of sp³-hybridized carbons (Fsp3) is 0.467. The summed E-state index contributed by atoms with van der Waals surface area (Å²) in [6.45, 7) is 5.22. The standard InChI is InChI=1S/C15H17AsF3N2O/c1-5-9-16-12-10(13(22)21-14(3,4)6-2)7-8-11(20-12)15(17,18)19/h2,7-8H,5,9H2,1,3-4H3,(H,21,22). The summed E-state index contributed by atoms with van der Waals surface area (Å²) >= 11 is -0.607. The van der Waals surface area contributed by atoms with Crippen LogP contribution in [0.2, 0.25) is 5.21 Å². The zero-order chi connectivity index (χ0) is 17.0. The van der Waals surface area contributed by atoms with Gasteiger partial charge in [0, 0.05) is 0 Å². The van der Waals surface area contributed by atoms with E-state index in [1.54, 1.807) is 13.8 Å². The van der Waals surface area contributed by atoms with E-state index in [4.69, 9.17) is 6.42 Å². The Bertz CT molecular complexity index is 591. The van der Waals surface area contributed by atoms with E-state index in [9.17, 15) is 18.0 Å². The molecule has 1 radical (unpaired) electrons. The molecule has 0 aliphatic carbocycles. The topological polar surface area (TPSA) is 42.0 Å². The number of aromatic nitrogens is 1. The zero-order valence-corrected chi connectivity index (χ0v) is 14.5. The van der Waals surface area contributed by atoms with Gasteiger partial charge in [-0.05, 0) is 0 Å². The second-order valence-electron chi connectivity index (χ2n) is 5.17. The third-order valence-corrected chi connectivity index (χ3v) is 5.43. The second kappa shape index (κ2) is 7.19. The van der Waals surface area contributed by atoms with E-state index in [0.29, 0.717) is 0 Å². The summed E-state index contributed by atoms with van der Waals surface area (Å²) in [6.07, 6.45) is 1.62. The molecular weight excluding hydrogens is 356 g/mol. The van der Waals surface area contributed by atoms with Gasteiger partial charge in [0.05, 0.1) is 0 Å². The van der Waals surface area contributed by atoms with Crippen molar-refractivity contribution in [3.63, 3.8) is 0 Å². The number of hydrogen-bond acceptors (Lipinski definition) is 2. The average molecular weight is 373 g/mol. The molecule has 0 atom stereocenters. The molecule has 0 aliphatic heterocycles. The van der Waals surface area contributed by atoms with Crippen LogP contribution in [0.4, 0.5) is 13.2 Å². The number of hydrogen-bond donors (Lipinski definition) is 1. The van der Waals surface area contributed by atoms with E-state index >= 15 is 0 Å². The van der Waals surface area contributed by atoms with E-state index in [1.165, 1.54) is 6.07 Å². The molecule has 1 N–H and O–H groups in total. The number of halogens is 3. The van der Waals surface area contributed by atoms with Crippen LogP contribution in [-0.2, 0) is 6.18 Å². The summed E-state index contributed by atoms with van der Waals surface area (Å²) < 4.78 is 38.5. The number of carbonyl (C=O) groups excluding carboxylic acids is 1. The maximum atomic E-state index is 12.8. The molecule has 1 aromatic rings. The van der Waals surface area contributed by atoms with Crippen molar-refractivity contribution in [2.45, 2.75) is 44.1 Å². The Hall–Kier alpha value is -1.47. The molecule has 0 aliphatic rings.